The fraction of sp³-hybridized carbons (Fsp3) is 0.0638. The molecule has 1 aliphatic rings. The van der Waals surface area contributed by atoms with Crippen LogP contribution in [0.5, 0.6) is 0 Å². The van der Waals surface area contributed by atoms with Gasteiger partial charge in [0, 0.05) is 0 Å². The van der Waals surface area contributed by atoms with Crippen molar-refractivity contribution < 1.29 is 0 Å². The number of anilines is 3. The molecule has 0 bridgehead atoms. The van der Waals surface area contributed by atoms with Crippen LogP contribution >= 0.6 is 0 Å². The van der Waals surface area contributed by atoms with E-state index in [0.29, 0.717) is 0 Å². The predicted octanol–water partition coefficient (Wildman–Crippen LogP) is 12.8. The van der Waals surface area contributed by atoms with E-state index >= 15 is 0 Å². The van der Waals surface area contributed by atoms with Crippen LogP contribution in [-0.4, -0.2) is 14.5 Å². The van der Waals surface area contributed by atoms with Crippen LogP contribution < -0.4 is 4.90 Å². The molecule has 2 heteroatoms. The minimum absolute atomic E-state index is 0.0919. The zero-order valence-corrected chi connectivity index (χ0v) is 29.2. The molecule has 49 heavy (non-hydrogen) atoms. The van der Waals surface area contributed by atoms with Crippen LogP contribution in [0.4, 0.5) is 17.1 Å². The number of rotatable bonds is 4. The summed E-state index contributed by atoms with van der Waals surface area (Å²) in [5.41, 5.74) is 11.5. The van der Waals surface area contributed by atoms with Crippen LogP contribution in [0.15, 0.2) is 164 Å². The molecule has 1 nitrogen and oxygen atoms in total. The Bertz CT molecular complexity index is 2750. The van der Waals surface area contributed by atoms with Crippen molar-refractivity contribution >= 4 is 72.4 Å². The summed E-state index contributed by atoms with van der Waals surface area (Å²) in [6, 6.07) is 60.9. The van der Waals surface area contributed by atoms with Crippen molar-refractivity contribution in [2.24, 2.45) is 0 Å². The van der Waals surface area contributed by atoms with E-state index in [-0.39, 0.29) is 19.9 Å². The quantitative estimate of drug-likeness (QED) is 0.131. The standard InChI is InChI=1S/C47H33NSe/c1-47(2)40-20-10-8-18-36(40)37-28-26-33(29-41(37)47)48(42-21-11-9-16-34(42)30-13-4-3-5-14-30)43-22-12-19-38-39-27-25-32-24-23-31-15-6-7-17-35(31)44(32)46(39)49-45(38)43/h3-29H,1-2H3. The molecule has 0 aliphatic heterocycles. The van der Waals surface area contributed by atoms with Gasteiger partial charge in [-0.1, -0.05) is 0 Å². The minimum atomic E-state index is -0.0919. The van der Waals surface area contributed by atoms with Crippen LogP contribution in [0.25, 0.3) is 63.1 Å². The molecule has 0 N–H and O–H groups in total. The molecule has 0 radical (unpaired) electrons. The first-order valence-corrected chi connectivity index (χ1v) is 18.7. The Kier molecular flexibility index (Phi) is 6.31. The van der Waals surface area contributed by atoms with Gasteiger partial charge in [0.2, 0.25) is 0 Å². The molecule has 0 spiro atoms. The van der Waals surface area contributed by atoms with E-state index in [2.05, 4.69) is 183 Å². The Morgan fingerprint density at radius 3 is 2.00 bits per heavy atom. The molecule has 8 aromatic carbocycles. The van der Waals surface area contributed by atoms with Gasteiger partial charge in [-0.2, -0.15) is 0 Å². The predicted molar refractivity (Wildman–Crippen MR) is 211 cm³/mol. The topological polar surface area (TPSA) is 3.24 Å². The summed E-state index contributed by atoms with van der Waals surface area (Å²) in [7, 11) is 0. The number of hydrogen-bond donors (Lipinski definition) is 0. The third-order valence-corrected chi connectivity index (χ3v) is 13.3. The second-order valence-corrected chi connectivity index (χ2v) is 15.8. The van der Waals surface area contributed by atoms with Gasteiger partial charge in [-0.25, -0.2) is 0 Å². The van der Waals surface area contributed by atoms with Gasteiger partial charge in [0.25, 0.3) is 0 Å². The van der Waals surface area contributed by atoms with Crippen molar-refractivity contribution in [3.05, 3.63) is 175 Å². The Morgan fingerprint density at radius 1 is 0.449 bits per heavy atom. The van der Waals surface area contributed by atoms with Gasteiger partial charge < -0.3 is 0 Å². The van der Waals surface area contributed by atoms with E-state index in [1.165, 1.54) is 91.3 Å². The summed E-state index contributed by atoms with van der Waals surface area (Å²) in [4.78, 5) is 2.55. The molecule has 0 saturated heterocycles. The van der Waals surface area contributed by atoms with E-state index in [4.69, 9.17) is 0 Å². The summed E-state index contributed by atoms with van der Waals surface area (Å²) in [6.45, 7) is 4.75. The van der Waals surface area contributed by atoms with Gasteiger partial charge in [-0.05, 0) is 0 Å². The van der Waals surface area contributed by atoms with Crippen molar-refractivity contribution in [1.82, 2.24) is 0 Å². The third kappa shape index (κ3) is 4.25. The average molecular weight is 691 g/mol. The molecule has 0 saturated carbocycles. The maximum atomic E-state index is 2.55. The Balaban J connectivity index is 1.28. The summed E-state index contributed by atoms with van der Waals surface area (Å²) in [6.07, 6.45) is 0. The molecule has 1 aliphatic carbocycles. The fourth-order valence-corrected chi connectivity index (χ4v) is 11.2. The molecule has 0 unspecified atom stereocenters. The molecule has 1 aromatic heterocycles. The van der Waals surface area contributed by atoms with Crippen LogP contribution in [0.3, 0.4) is 0 Å². The number of para-hydroxylation sites is 1. The number of hydrogen-bond acceptors (Lipinski definition) is 1. The normalized spacial score (nSPS) is 13.3. The SMILES string of the molecule is CC1(C)c2ccccc2-c2ccc(N(c3ccccc3-c3ccccc3)c3cccc4c3[se]c3c4ccc4ccc5ccccc5c43)cc21. The summed E-state index contributed by atoms with van der Waals surface area (Å²) < 4.78 is 2.93. The van der Waals surface area contributed by atoms with Gasteiger partial charge in [-0.3, -0.25) is 0 Å². The molecule has 0 atom stereocenters. The van der Waals surface area contributed by atoms with E-state index < -0.39 is 0 Å². The second-order valence-electron chi connectivity index (χ2n) is 13.7. The van der Waals surface area contributed by atoms with Crippen LogP contribution in [0.2, 0.25) is 0 Å². The first kappa shape index (κ1) is 28.6. The second kappa shape index (κ2) is 10.8. The van der Waals surface area contributed by atoms with Crippen molar-refractivity contribution in [3.63, 3.8) is 0 Å². The number of benzene rings is 8. The van der Waals surface area contributed by atoms with Gasteiger partial charge in [0.05, 0.1) is 0 Å². The summed E-state index contributed by atoms with van der Waals surface area (Å²) in [5, 5.41) is 8.11. The number of nitrogens with zero attached hydrogens (tertiary/aromatic N) is 1. The maximum absolute atomic E-state index is 2.55. The van der Waals surface area contributed by atoms with Crippen molar-refractivity contribution in [2.45, 2.75) is 19.3 Å². The molecule has 0 amide bonds. The van der Waals surface area contributed by atoms with Crippen molar-refractivity contribution in [3.8, 4) is 22.3 Å². The summed E-state index contributed by atoms with van der Waals surface area (Å²) in [5.74, 6) is 0. The van der Waals surface area contributed by atoms with Crippen LogP contribution in [-0.2, 0) is 5.41 Å². The van der Waals surface area contributed by atoms with Gasteiger partial charge in [0.1, 0.15) is 0 Å². The fourth-order valence-electron chi connectivity index (χ4n) is 8.27. The molecule has 1 heterocycles. The zero-order valence-electron chi connectivity index (χ0n) is 27.4. The van der Waals surface area contributed by atoms with Gasteiger partial charge in [0.15, 0.2) is 0 Å². The third-order valence-electron chi connectivity index (χ3n) is 10.6. The average Bonchev–Trinajstić information content (AvgIpc) is 3.65. The monoisotopic (exact) mass is 691 g/mol. The number of fused-ring (bicyclic) bond motifs is 10. The summed E-state index contributed by atoms with van der Waals surface area (Å²) >= 11 is 0.108. The van der Waals surface area contributed by atoms with E-state index in [1.807, 2.05) is 0 Å². The molecular weight excluding hydrogens is 657 g/mol. The molecule has 232 valence electrons. The first-order chi connectivity index (χ1) is 24.1. The Labute approximate surface area is 292 Å². The Morgan fingerprint density at radius 2 is 1.10 bits per heavy atom. The van der Waals surface area contributed by atoms with E-state index in [0.717, 1.165) is 0 Å². The van der Waals surface area contributed by atoms with Crippen LogP contribution in [0, 0.1) is 0 Å². The van der Waals surface area contributed by atoms with E-state index in [9.17, 15) is 0 Å². The van der Waals surface area contributed by atoms with Crippen LogP contribution in [0.1, 0.15) is 25.0 Å². The molecule has 10 rings (SSSR count). The van der Waals surface area contributed by atoms with Crippen molar-refractivity contribution in [1.29, 1.82) is 0 Å². The van der Waals surface area contributed by atoms with Crippen molar-refractivity contribution in [2.75, 3.05) is 4.90 Å². The molecule has 9 aromatic rings. The first-order valence-electron chi connectivity index (χ1n) is 17.0. The van der Waals surface area contributed by atoms with E-state index in [1.54, 1.807) is 0 Å². The molecular formula is C47H33NSe. The Hall–Kier alpha value is -5.40. The van der Waals surface area contributed by atoms with Gasteiger partial charge >= 0.3 is 294 Å². The molecule has 0 fully saturated rings. The zero-order chi connectivity index (χ0) is 32.7. The van der Waals surface area contributed by atoms with Gasteiger partial charge in [-0.15, -0.1) is 0 Å².